The zero-order chi connectivity index (χ0) is 13.8. The van der Waals surface area contributed by atoms with E-state index < -0.39 is 0 Å². The Morgan fingerprint density at radius 1 is 1.21 bits per heavy atom. The fourth-order valence-electron chi connectivity index (χ4n) is 1.67. The minimum absolute atomic E-state index is 0.217. The Hall–Kier alpha value is -2.41. The summed E-state index contributed by atoms with van der Waals surface area (Å²) < 4.78 is 0. The maximum Gasteiger partial charge on any atom is 0.177 e. The average Bonchev–Trinajstić information content (AvgIpc) is 2.66. The number of nitrogens with one attached hydrogen (secondary N) is 1. The van der Waals surface area contributed by atoms with Crippen LogP contribution in [-0.2, 0) is 6.54 Å². The molecule has 100 valence electrons. The minimum Gasteiger partial charge on any atom is -0.380 e. The topological polar surface area (TPSA) is 104 Å². The zero-order valence-corrected chi connectivity index (χ0v) is 11.0. The monoisotopic (exact) mass is 259 g/mol. The lowest BCUT2D eigenvalue weighted by atomic mass is 10.2. The van der Waals surface area contributed by atoms with Crippen LogP contribution in [0.5, 0.6) is 0 Å². The highest BCUT2D eigenvalue weighted by Gasteiger charge is 2.16. The summed E-state index contributed by atoms with van der Waals surface area (Å²) in [6.45, 7) is 0.860. The Bertz CT molecular complexity index is 537. The highest BCUT2D eigenvalue weighted by atomic mass is 15.4. The quantitative estimate of drug-likeness (QED) is 0.670. The summed E-state index contributed by atoms with van der Waals surface area (Å²) >= 11 is 0. The van der Waals surface area contributed by atoms with Gasteiger partial charge in [0, 0.05) is 6.54 Å². The highest BCUT2D eigenvalue weighted by Crippen LogP contribution is 2.12. The second-order valence-electron chi connectivity index (χ2n) is 4.48. The third-order valence-corrected chi connectivity index (χ3v) is 2.47. The van der Waals surface area contributed by atoms with Gasteiger partial charge in [-0.05, 0) is 31.8 Å². The van der Waals surface area contributed by atoms with Crippen LogP contribution in [0.15, 0.2) is 39.6 Å². The Labute approximate surface area is 111 Å². The molecule has 0 bridgehead atoms. The van der Waals surface area contributed by atoms with Crippen LogP contribution < -0.4 is 16.9 Å². The molecule has 0 spiro atoms. The summed E-state index contributed by atoms with van der Waals surface area (Å²) in [4.78, 5) is 2.09. The second kappa shape index (κ2) is 5.49. The first-order valence-electron chi connectivity index (χ1n) is 5.81. The molecule has 1 aromatic rings. The fourth-order valence-corrected chi connectivity index (χ4v) is 1.67. The summed E-state index contributed by atoms with van der Waals surface area (Å²) in [7, 11) is 4.04. The molecule has 1 aliphatic rings. The first-order chi connectivity index (χ1) is 9.06. The Kier molecular flexibility index (Phi) is 3.76. The van der Waals surface area contributed by atoms with Crippen LogP contribution in [-0.4, -0.2) is 36.4 Å². The van der Waals surface area contributed by atoms with Crippen LogP contribution in [0.1, 0.15) is 5.56 Å². The molecule has 7 heteroatoms. The molecule has 2 rings (SSSR count). The zero-order valence-electron chi connectivity index (χ0n) is 11.0. The number of anilines is 1. The van der Waals surface area contributed by atoms with Gasteiger partial charge in [0.2, 0.25) is 0 Å². The van der Waals surface area contributed by atoms with Gasteiger partial charge in [-0.3, -0.25) is 5.43 Å². The summed E-state index contributed by atoms with van der Waals surface area (Å²) in [6, 6.07) is 7.95. The van der Waals surface area contributed by atoms with E-state index >= 15 is 0 Å². The van der Waals surface area contributed by atoms with Gasteiger partial charge in [-0.1, -0.05) is 12.1 Å². The molecule has 0 aromatic heterocycles. The van der Waals surface area contributed by atoms with Crippen molar-refractivity contribution in [1.82, 2.24) is 4.90 Å². The van der Waals surface area contributed by atoms with E-state index in [1.165, 1.54) is 5.56 Å². The lowest BCUT2D eigenvalue weighted by molar-refractivity contribution is 0.402. The van der Waals surface area contributed by atoms with Crippen molar-refractivity contribution in [1.29, 1.82) is 0 Å². The van der Waals surface area contributed by atoms with Crippen LogP contribution in [0.4, 0.5) is 5.69 Å². The molecule has 1 aliphatic heterocycles. The third kappa shape index (κ3) is 3.29. The maximum atomic E-state index is 5.61. The van der Waals surface area contributed by atoms with Crippen molar-refractivity contribution in [2.45, 2.75) is 6.54 Å². The number of amidine groups is 2. The van der Waals surface area contributed by atoms with Crippen LogP contribution in [0, 0.1) is 0 Å². The molecule has 1 aromatic carbocycles. The lowest BCUT2D eigenvalue weighted by Gasteiger charge is -2.10. The van der Waals surface area contributed by atoms with Gasteiger partial charge in [-0.25, -0.2) is 0 Å². The number of benzene rings is 1. The van der Waals surface area contributed by atoms with Crippen LogP contribution in [0.2, 0.25) is 0 Å². The molecule has 7 nitrogen and oxygen atoms in total. The second-order valence-corrected chi connectivity index (χ2v) is 4.48. The van der Waals surface area contributed by atoms with Gasteiger partial charge in [-0.2, -0.15) is 5.10 Å². The van der Waals surface area contributed by atoms with Crippen molar-refractivity contribution >= 4 is 23.1 Å². The first kappa shape index (κ1) is 13.0. The predicted octanol–water partition coefficient (Wildman–Crippen LogP) is 0.159. The van der Waals surface area contributed by atoms with Gasteiger partial charge in [0.25, 0.3) is 0 Å². The molecule has 0 fully saturated rings. The SMILES string of the molecule is CN(C)Cc1cccc(NN=C2C(N)=NN=C2N)c1. The Morgan fingerprint density at radius 2 is 1.89 bits per heavy atom. The molecule has 0 radical (unpaired) electrons. The van der Waals surface area contributed by atoms with E-state index in [2.05, 4.69) is 31.7 Å². The Balaban J connectivity index is 2.10. The Morgan fingerprint density at radius 3 is 2.53 bits per heavy atom. The van der Waals surface area contributed by atoms with Gasteiger partial charge < -0.3 is 16.4 Å². The molecule has 0 amide bonds. The van der Waals surface area contributed by atoms with E-state index in [0.29, 0.717) is 5.71 Å². The van der Waals surface area contributed by atoms with Crippen molar-refractivity contribution in [2.24, 2.45) is 26.8 Å². The van der Waals surface area contributed by atoms with Gasteiger partial charge in [0.15, 0.2) is 17.4 Å². The number of hydrogen-bond acceptors (Lipinski definition) is 7. The van der Waals surface area contributed by atoms with Gasteiger partial charge in [0.1, 0.15) is 0 Å². The average molecular weight is 259 g/mol. The summed E-state index contributed by atoms with van der Waals surface area (Å²) in [6.07, 6.45) is 0. The van der Waals surface area contributed by atoms with Crippen LogP contribution in [0.25, 0.3) is 0 Å². The van der Waals surface area contributed by atoms with Gasteiger partial charge >= 0.3 is 0 Å². The standard InChI is InChI=1S/C12H17N7/c1-19(2)7-8-4-3-5-9(6-8)15-16-10-11(13)17-18-12(10)14/h3-6,15H,7H2,1-2H3,(H4,13,14,16,17,18). The predicted molar refractivity (Wildman–Crippen MR) is 78.1 cm³/mol. The van der Waals surface area contributed by atoms with Gasteiger partial charge in [-0.15, -0.1) is 10.2 Å². The smallest absolute Gasteiger partial charge is 0.177 e. The molecule has 0 saturated heterocycles. The van der Waals surface area contributed by atoms with E-state index in [0.717, 1.165) is 12.2 Å². The molecule has 1 heterocycles. The molecule has 19 heavy (non-hydrogen) atoms. The van der Waals surface area contributed by atoms with E-state index in [4.69, 9.17) is 11.5 Å². The number of hydrazone groups is 1. The molecule has 0 saturated carbocycles. The van der Waals surface area contributed by atoms with Crippen molar-refractivity contribution < 1.29 is 0 Å². The van der Waals surface area contributed by atoms with E-state index in [1.54, 1.807) is 0 Å². The van der Waals surface area contributed by atoms with E-state index in [1.807, 2.05) is 32.3 Å². The maximum absolute atomic E-state index is 5.61. The van der Waals surface area contributed by atoms with Crippen LogP contribution in [0.3, 0.4) is 0 Å². The van der Waals surface area contributed by atoms with Crippen LogP contribution >= 0.6 is 0 Å². The summed E-state index contributed by atoms with van der Waals surface area (Å²) in [5.74, 6) is 0.434. The minimum atomic E-state index is 0.217. The number of hydrogen-bond donors (Lipinski definition) is 3. The van der Waals surface area contributed by atoms with Crippen molar-refractivity contribution in [3.63, 3.8) is 0 Å². The molecule has 0 unspecified atom stereocenters. The van der Waals surface area contributed by atoms with Crippen molar-refractivity contribution in [2.75, 3.05) is 19.5 Å². The first-order valence-corrected chi connectivity index (χ1v) is 5.81. The largest absolute Gasteiger partial charge is 0.380 e. The number of nitrogens with two attached hydrogens (primary N) is 2. The lowest BCUT2D eigenvalue weighted by Crippen LogP contribution is -2.32. The summed E-state index contributed by atoms with van der Waals surface area (Å²) in [5.41, 5.74) is 16.5. The molecule has 0 atom stereocenters. The number of rotatable bonds is 4. The number of nitrogens with zero attached hydrogens (tertiary/aromatic N) is 4. The molecular weight excluding hydrogens is 242 g/mol. The third-order valence-electron chi connectivity index (χ3n) is 2.47. The highest BCUT2D eigenvalue weighted by molar-refractivity contribution is 6.68. The van der Waals surface area contributed by atoms with Crippen molar-refractivity contribution in [3.05, 3.63) is 29.8 Å². The van der Waals surface area contributed by atoms with E-state index in [-0.39, 0.29) is 11.7 Å². The summed E-state index contributed by atoms with van der Waals surface area (Å²) in [5, 5.41) is 11.4. The molecule has 0 aliphatic carbocycles. The normalized spacial score (nSPS) is 14.4. The van der Waals surface area contributed by atoms with Crippen molar-refractivity contribution in [3.8, 4) is 0 Å². The molecule has 5 N–H and O–H groups in total. The van der Waals surface area contributed by atoms with E-state index in [9.17, 15) is 0 Å². The van der Waals surface area contributed by atoms with Gasteiger partial charge in [0.05, 0.1) is 5.69 Å². The fraction of sp³-hybridized carbons (Fsp3) is 0.250. The molecular formula is C12H17N7.